The fourth-order valence-corrected chi connectivity index (χ4v) is 2.95. The van der Waals surface area contributed by atoms with E-state index in [2.05, 4.69) is 20.9 Å². The zero-order chi connectivity index (χ0) is 29.9. The van der Waals surface area contributed by atoms with E-state index in [1.165, 1.54) is 25.4 Å². The van der Waals surface area contributed by atoms with Gasteiger partial charge in [0.25, 0.3) is 5.91 Å². The van der Waals surface area contributed by atoms with Gasteiger partial charge in [0.1, 0.15) is 17.2 Å². The fourth-order valence-electron chi connectivity index (χ4n) is 2.73. The molecule has 3 aromatic rings. The number of hydrogen-bond donors (Lipinski definition) is 5. The summed E-state index contributed by atoms with van der Waals surface area (Å²) < 4.78 is 44.5. The average molecular weight is 581 g/mol. The highest BCUT2D eigenvalue weighted by molar-refractivity contribution is 6.31. The van der Waals surface area contributed by atoms with Gasteiger partial charge in [0.05, 0.1) is 10.6 Å². The van der Waals surface area contributed by atoms with Gasteiger partial charge >= 0.3 is 24.1 Å². The van der Waals surface area contributed by atoms with Gasteiger partial charge in [0, 0.05) is 42.8 Å². The predicted octanol–water partition coefficient (Wildman–Crippen LogP) is 5.26. The highest BCUT2D eigenvalue weighted by Gasteiger charge is 2.33. The van der Waals surface area contributed by atoms with Crippen LogP contribution in [0.25, 0.3) is 0 Å². The summed E-state index contributed by atoms with van der Waals surface area (Å²) in [5, 5.41) is 22.5. The van der Waals surface area contributed by atoms with Crippen LogP contribution in [0.3, 0.4) is 0 Å². The van der Waals surface area contributed by atoms with Crippen LogP contribution in [0.2, 0.25) is 5.02 Å². The van der Waals surface area contributed by atoms with Crippen molar-refractivity contribution in [1.82, 2.24) is 10.3 Å². The molecule has 0 atom stereocenters. The van der Waals surface area contributed by atoms with Crippen LogP contribution in [-0.2, 0) is 15.8 Å². The van der Waals surface area contributed by atoms with E-state index >= 15 is 0 Å². The van der Waals surface area contributed by atoms with Crippen LogP contribution in [0, 0.1) is 0 Å². The van der Waals surface area contributed by atoms with Gasteiger partial charge in [-0.15, -0.1) is 0 Å². The molecule has 0 unspecified atom stereocenters. The quantitative estimate of drug-likeness (QED) is 0.236. The molecule has 40 heavy (non-hydrogen) atoms. The molecule has 0 spiro atoms. The number of urea groups is 1. The molecular formula is C25H20ClF3N4O7. The van der Waals surface area contributed by atoms with E-state index in [0.717, 1.165) is 12.1 Å². The van der Waals surface area contributed by atoms with Gasteiger partial charge in [-0.05, 0) is 48.5 Å². The number of hydrogen-bond acceptors (Lipinski definition) is 6. The Labute approximate surface area is 229 Å². The van der Waals surface area contributed by atoms with Crippen LogP contribution in [0.15, 0.2) is 72.9 Å². The summed E-state index contributed by atoms with van der Waals surface area (Å²) in [6.07, 6.45) is -2.09. The smallest absolute Gasteiger partial charge is 0.417 e. The van der Waals surface area contributed by atoms with Gasteiger partial charge in [-0.2, -0.15) is 13.2 Å². The minimum Gasteiger partial charge on any atom is -0.478 e. The second kappa shape index (κ2) is 14.2. The first-order valence-corrected chi connectivity index (χ1v) is 11.2. The van der Waals surface area contributed by atoms with Crippen molar-refractivity contribution in [3.63, 3.8) is 0 Å². The standard InChI is InChI=1S/C21H16ClF3N4O3.C4H4O4/c1-26-19(30)18-11-15(8-9-27-18)32-14-5-2-12(3-6-14)28-20(31)29-13-4-7-17(22)16(10-13)21(23,24)25;5-3(6)1-2-4(7)8/h2-11H,1H3,(H,26,30)(H2,28,29,31);1-2H,(H,5,6)(H,7,8)/b;2-1+. The lowest BCUT2D eigenvalue weighted by atomic mass is 10.2. The average Bonchev–Trinajstić information content (AvgIpc) is 2.89. The topological polar surface area (TPSA) is 167 Å². The van der Waals surface area contributed by atoms with Crippen molar-refractivity contribution in [2.75, 3.05) is 17.7 Å². The maximum absolute atomic E-state index is 12.9. The van der Waals surface area contributed by atoms with E-state index < -0.39 is 34.7 Å². The number of carboxylic acid groups (broad SMARTS) is 2. The van der Waals surface area contributed by atoms with E-state index in [-0.39, 0.29) is 17.3 Å². The van der Waals surface area contributed by atoms with E-state index in [4.69, 9.17) is 26.6 Å². The van der Waals surface area contributed by atoms with Crippen molar-refractivity contribution < 1.29 is 47.3 Å². The number of carbonyl (C=O) groups excluding carboxylic acids is 2. The lowest BCUT2D eigenvalue weighted by molar-refractivity contribution is -0.137. The normalized spacial score (nSPS) is 10.6. The van der Waals surface area contributed by atoms with Gasteiger partial charge < -0.3 is 30.9 Å². The Balaban J connectivity index is 0.000000611. The first-order chi connectivity index (χ1) is 18.8. The Kier molecular flexibility index (Phi) is 11.0. The van der Waals surface area contributed by atoms with Crippen molar-refractivity contribution in [3.8, 4) is 11.5 Å². The van der Waals surface area contributed by atoms with Gasteiger partial charge in [-0.3, -0.25) is 9.78 Å². The monoisotopic (exact) mass is 580 g/mol. The number of nitrogens with one attached hydrogen (secondary N) is 3. The van der Waals surface area contributed by atoms with Crippen LogP contribution < -0.4 is 20.7 Å². The first kappa shape index (κ1) is 31.1. The number of nitrogens with zero attached hydrogens (tertiary/aromatic N) is 1. The second-order valence-corrected chi connectivity index (χ2v) is 7.77. The number of carbonyl (C=O) groups is 4. The number of rotatable bonds is 7. The van der Waals surface area contributed by atoms with Gasteiger partial charge in [-0.1, -0.05) is 11.6 Å². The maximum atomic E-state index is 12.9. The Morgan fingerprint density at radius 2 is 1.45 bits per heavy atom. The van der Waals surface area contributed by atoms with Crippen LogP contribution in [-0.4, -0.2) is 46.1 Å². The highest BCUT2D eigenvalue weighted by atomic mass is 35.5. The second-order valence-electron chi connectivity index (χ2n) is 7.36. The first-order valence-electron chi connectivity index (χ1n) is 10.8. The van der Waals surface area contributed by atoms with Gasteiger partial charge in [0.15, 0.2) is 0 Å². The third-order valence-corrected chi connectivity index (χ3v) is 4.77. The Morgan fingerprint density at radius 1 is 0.875 bits per heavy atom. The molecule has 1 heterocycles. The molecule has 11 nitrogen and oxygen atoms in total. The number of carboxylic acids is 2. The number of halogens is 4. The third kappa shape index (κ3) is 10.3. The van der Waals surface area contributed by atoms with E-state index in [1.807, 2.05) is 0 Å². The van der Waals surface area contributed by atoms with Crippen molar-refractivity contribution in [2.24, 2.45) is 0 Å². The lowest BCUT2D eigenvalue weighted by Crippen LogP contribution is -2.19. The predicted molar refractivity (Wildman–Crippen MR) is 138 cm³/mol. The number of amides is 3. The number of anilines is 2. The number of benzene rings is 2. The summed E-state index contributed by atoms with van der Waals surface area (Å²) >= 11 is 5.57. The number of pyridine rings is 1. The zero-order valence-electron chi connectivity index (χ0n) is 20.3. The van der Waals surface area contributed by atoms with Crippen molar-refractivity contribution >= 4 is 46.9 Å². The molecule has 0 saturated heterocycles. The summed E-state index contributed by atoms with van der Waals surface area (Å²) in [6.45, 7) is 0. The molecule has 0 aliphatic carbocycles. The molecular weight excluding hydrogens is 561 g/mol. The van der Waals surface area contributed by atoms with E-state index in [1.54, 1.807) is 30.3 Å². The summed E-state index contributed by atoms with van der Waals surface area (Å²) in [5.74, 6) is -2.05. The lowest BCUT2D eigenvalue weighted by Gasteiger charge is -2.12. The van der Waals surface area contributed by atoms with Crippen molar-refractivity contribution in [1.29, 1.82) is 0 Å². The molecule has 0 radical (unpaired) electrons. The molecule has 210 valence electrons. The van der Waals surface area contributed by atoms with Crippen molar-refractivity contribution in [2.45, 2.75) is 6.18 Å². The molecule has 5 N–H and O–H groups in total. The Hall–Kier alpha value is -5.11. The number of ether oxygens (including phenoxy) is 1. The Morgan fingerprint density at radius 3 is 2.00 bits per heavy atom. The molecule has 0 aliphatic heterocycles. The largest absolute Gasteiger partial charge is 0.478 e. The fraction of sp³-hybridized carbons (Fsp3) is 0.0800. The van der Waals surface area contributed by atoms with Crippen LogP contribution in [0.5, 0.6) is 11.5 Å². The molecule has 0 fully saturated rings. The molecule has 0 aliphatic rings. The zero-order valence-corrected chi connectivity index (χ0v) is 21.1. The van der Waals surface area contributed by atoms with Gasteiger partial charge in [-0.25, -0.2) is 14.4 Å². The number of aliphatic carboxylic acids is 2. The van der Waals surface area contributed by atoms with Crippen LogP contribution in [0.1, 0.15) is 16.1 Å². The highest BCUT2D eigenvalue weighted by Crippen LogP contribution is 2.36. The number of alkyl halides is 3. The molecule has 1 aromatic heterocycles. The summed E-state index contributed by atoms with van der Waals surface area (Å²) in [5.41, 5.74) is -0.547. The third-order valence-electron chi connectivity index (χ3n) is 4.44. The molecule has 15 heteroatoms. The summed E-state index contributed by atoms with van der Waals surface area (Å²) in [7, 11) is 1.49. The maximum Gasteiger partial charge on any atom is 0.417 e. The number of aromatic nitrogens is 1. The van der Waals surface area contributed by atoms with E-state index in [0.29, 0.717) is 29.3 Å². The molecule has 0 bridgehead atoms. The van der Waals surface area contributed by atoms with E-state index in [9.17, 15) is 32.3 Å². The molecule has 2 aromatic carbocycles. The molecule has 3 amide bonds. The van der Waals surface area contributed by atoms with Crippen LogP contribution >= 0.6 is 11.6 Å². The molecule has 0 saturated carbocycles. The van der Waals surface area contributed by atoms with Crippen molar-refractivity contribution in [3.05, 3.63) is 89.2 Å². The summed E-state index contributed by atoms with van der Waals surface area (Å²) in [6, 6.07) is 11.6. The minimum atomic E-state index is -4.64. The van der Waals surface area contributed by atoms with Gasteiger partial charge in [0.2, 0.25) is 0 Å². The Bertz CT molecular complexity index is 1400. The minimum absolute atomic E-state index is 0.0659. The molecule has 3 rings (SSSR count). The summed E-state index contributed by atoms with van der Waals surface area (Å²) in [4.78, 5) is 46.8. The van der Waals surface area contributed by atoms with Crippen LogP contribution in [0.4, 0.5) is 29.3 Å². The SMILES string of the molecule is CNC(=O)c1cc(Oc2ccc(NC(=O)Nc3ccc(Cl)c(C(F)(F)F)c3)cc2)ccn1.O=C(O)/C=C/C(=O)O.